The zero-order valence-corrected chi connectivity index (χ0v) is 11.5. The molecule has 5 heteroatoms. The van der Waals surface area contributed by atoms with Crippen molar-refractivity contribution in [3.8, 4) is 0 Å². The van der Waals surface area contributed by atoms with Crippen LogP contribution in [0.15, 0.2) is 12.4 Å². The highest BCUT2D eigenvalue weighted by Crippen LogP contribution is 2.28. The quantitative estimate of drug-likeness (QED) is 0.881. The van der Waals surface area contributed by atoms with Gasteiger partial charge in [0.15, 0.2) is 5.82 Å². The topological polar surface area (TPSA) is 50.2 Å². The van der Waals surface area contributed by atoms with Crippen molar-refractivity contribution < 1.29 is 4.79 Å². The molecule has 1 N–H and O–H groups in total. The van der Waals surface area contributed by atoms with Crippen LogP contribution in [-0.4, -0.2) is 46.0 Å². The number of aryl methyl sites for hydroxylation is 1. The summed E-state index contributed by atoms with van der Waals surface area (Å²) in [5.74, 6) is 1.53. The van der Waals surface area contributed by atoms with E-state index in [1.165, 1.54) is 12.8 Å². The molecule has 1 saturated carbocycles. The lowest BCUT2D eigenvalue weighted by Crippen LogP contribution is -2.45. The molecule has 0 atom stereocenters. The van der Waals surface area contributed by atoms with Crippen LogP contribution in [0.4, 0.5) is 0 Å². The van der Waals surface area contributed by atoms with Gasteiger partial charge in [0.05, 0.1) is 0 Å². The number of aromatic nitrogens is 2. The Kier molecular flexibility index (Phi) is 3.55. The second-order valence-electron chi connectivity index (χ2n) is 5.78. The van der Waals surface area contributed by atoms with Crippen molar-refractivity contribution in [2.45, 2.75) is 31.7 Å². The molecule has 0 unspecified atom stereocenters. The molecular weight excluding hydrogens is 240 g/mol. The molecule has 2 fully saturated rings. The molecule has 1 amide bonds. The van der Waals surface area contributed by atoms with Crippen molar-refractivity contribution in [2.24, 2.45) is 13.0 Å². The average molecular weight is 262 g/mol. The van der Waals surface area contributed by atoms with Crippen LogP contribution in [0.3, 0.4) is 0 Å². The van der Waals surface area contributed by atoms with E-state index in [9.17, 15) is 4.79 Å². The summed E-state index contributed by atoms with van der Waals surface area (Å²) in [6.07, 6.45) is 8.40. The fraction of sp³-hybridized carbons (Fsp3) is 0.714. The first kappa shape index (κ1) is 12.7. The lowest BCUT2D eigenvalue weighted by atomic mass is 10.0. The maximum Gasteiger partial charge on any atom is 0.289 e. The van der Waals surface area contributed by atoms with Crippen molar-refractivity contribution in [3.63, 3.8) is 0 Å². The van der Waals surface area contributed by atoms with E-state index in [0.717, 1.165) is 38.4 Å². The van der Waals surface area contributed by atoms with Crippen LogP contribution in [0.1, 0.15) is 36.3 Å². The summed E-state index contributed by atoms with van der Waals surface area (Å²) in [6.45, 7) is 2.85. The Morgan fingerprint density at radius 3 is 2.68 bits per heavy atom. The predicted octanol–water partition coefficient (Wildman–Crippen LogP) is 1.02. The van der Waals surface area contributed by atoms with Gasteiger partial charge in [0, 0.05) is 38.6 Å². The van der Waals surface area contributed by atoms with Crippen molar-refractivity contribution in [2.75, 3.05) is 19.6 Å². The van der Waals surface area contributed by atoms with Gasteiger partial charge in [-0.25, -0.2) is 4.98 Å². The Morgan fingerprint density at radius 1 is 1.37 bits per heavy atom. The Hall–Kier alpha value is -1.36. The fourth-order valence-corrected chi connectivity index (χ4v) is 2.66. The van der Waals surface area contributed by atoms with Gasteiger partial charge in [-0.3, -0.25) is 4.79 Å². The van der Waals surface area contributed by atoms with Gasteiger partial charge in [0.1, 0.15) is 0 Å². The highest BCUT2D eigenvalue weighted by Gasteiger charge is 2.27. The van der Waals surface area contributed by atoms with Crippen LogP contribution < -0.4 is 5.32 Å². The summed E-state index contributed by atoms with van der Waals surface area (Å²) in [7, 11) is 1.87. The number of carbonyl (C=O) groups is 1. The van der Waals surface area contributed by atoms with Gasteiger partial charge in [-0.15, -0.1) is 0 Å². The van der Waals surface area contributed by atoms with Crippen molar-refractivity contribution >= 4 is 5.91 Å². The number of nitrogens with zero attached hydrogens (tertiary/aromatic N) is 3. The molecule has 1 saturated heterocycles. The Morgan fingerprint density at radius 2 is 2.11 bits per heavy atom. The minimum Gasteiger partial charge on any atom is -0.336 e. The van der Waals surface area contributed by atoms with E-state index < -0.39 is 0 Å². The van der Waals surface area contributed by atoms with Gasteiger partial charge in [0.2, 0.25) is 0 Å². The zero-order valence-electron chi connectivity index (χ0n) is 11.5. The molecule has 19 heavy (non-hydrogen) atoms. The van der Waals surface area contributed by atoms with Crippen LogP contribution in [0.2, 0.25) is 0 Å². The highest BCUT2D eigenvalue weighted by atomic mass is 16.2. The molecule has 5 nitrogen and oxygen atoms in total. The Bertz CT molecular complexity index is 444. The molecule has 3 rings (SSSR count). The van der Waals surface area contributed by atoms with Crippen molar-refractivity contribution in [1.82, 2.24) is 19.8 Å². The summed E-state index contributed by atoms with van der Waals surface area (Å²) in [5.41, 5.74) is 0. The van der Waals surface area contributed by atoms with Crippen LogP contribution >= 0.6 is 0 Å². The Labute approximate surface area is 114 Å². The SMILES string of the molecule is Cn1ccnc1C(=O)N1CCC(NCC2CC2)CC1. The number of hydrogen-bond donors (Lipinski definition) is 1. The maximum atomic E-state index is 12.3. The molecule has 1 aliphatic carbocycles. The minimum atomic E-state index is 0.0631. The first-order chi connectivity index (χ1) is 9.24. The number of amides is 1. The van der Waals surface area contributed by atoms with E-state index in [2.05, 4.69) is 10.3 Å². The number of imidazole rings is 1. The van der Waals surface area contributed by atoms with E-state index in [0.29, 0.717) is 11.9 Å². The van der Waals surface area contributed by atoms with Crippen molar-refractivity contribution in [1.29, 1.82) is 0 Å². The normalized spacial score (nSPS) is 20.8. The predicted molar refractivity (Wildman–Crippen MR) is 72.9 cm³/mol. The molecule has 104 valence electrons. The number of rotatable bonds is 4. The third-order valence-electron chi connectivity index (χ3n) is 4.19. The molecule has 0 spiro atoms. The van der Waals surface area contributed by atoms with Gasteiger partial charge >= 0.3 is 0 Å². The average Bonchev–Trinajstić information content (AvgIpc) is 3.17. The maximum absolute atomic E-state index is 12.3. The van der Waals surface area contributed by atoms with E-state index in [-0.39, 0.29) is 5.91 Å². The number of piperidine rings is 1. The number of carbonyl (C=O) groups excluding carboxylic acids is 1. The lowest BCUT2D eigenvalue weighted by molar-refractivity contribution is 0.0689. The lowest BCUT2D eigenvalue weighted by Gasteiger charge is -2.32. The summed E-state index contributed by atoms with van der Waals surface area (Å²) in [5, 5.41) is 3.63. The number of hydrogen-bond acceptors (Lipinski definition) is 3. The smallest absolute Gasteiger partial charge is 0.289 e. The largest absolute Gasteiger partial charge is 0.336 e. The second kappa shape index (κ2) is 5.33. The fourth-order valence-electron chi connectivity index (χ4n) is 2.66. The Balaban J connectivity index is 1.49. The van der Waals surface area contributed by atoms with Gasteiger partial charge in [-0.2, -0.15) is 0 Å². The first-order valence-corrected chi connectivity index (χ1v) is 7.24. The van der Waals surface area contributed by atoms with Gasteiger partial charge < -0.3 is 14.8 Å². The first-order valence-electron chi connectivity index (χ1n) is 7.24. The molecular formula is C14H22N4O. The van der Waals surface area contributed by atoms with Gasteiger partial charge in [-0.1, -0.05) is 0 Å². The molecule has 0 bridgehead atoms. The summed E-state index contributed by atoms with van der Waals surface area (Å²) in [6, 6.07) is 0.589. The van der Waals surface area contributed by atoms with Gasteiger partial charge in [0.25, 0.3) is 5.91 Å². The van der Waals surface area contributed by atoms with E-state index in [1.54, 1.807) is 10.8 Å². The summed E-state index contributed by atoms with van der Waals surface area (Å²) >= 11 is 0. The zero-order chi connectivity index (χ0) is 13.2. The van der Waals surface area contributed by atoms with E-state index >= 15 is 0 Å². The molecule has 1 aromatic rings. The second-order valence-corrected chi connectivity index (χ2v) is 5.78. The van der Waals surface area contributed by atoms with Crippen molar-refractivity contribution in [3.05, 3.63) is 18.2 Å². The molecule has 0 aromatic carbocycles. The van der Waals surface area contributed by atoms with E-state index in [1.807, 2.05) is 18.1 Å². The van der Waals surface area contributed by atoms with Crippen LogP contribution in [-0.2, 0) is 7.05 Å². The van der Waals surface area contributed by atoms with Gasteiger partial charge in [-0.05, 0) is 38.1 Å². The molecule has 1 aromatic heterocycles. The molecule has 2 aliphatic rings. The number of likely N-dealkylation sites (tertiary alicyclic amines) is 1. The standard InChI is InChI=1S/C14H22N4O/c1-17-9-6-15-13(17)14(19)18-7-4-12(5-8-18)16-10-11-2-3-11/h6,9,11-12,16H,2-5,7-8,10H2,1H3. The molecule has 2 heterocycles. The third-order valence-corrected chi connectivity index (χ3v) is 4.19. The molecule has 0 radical (unpaired) electrons. The minimum absolute atomic E-state index is 0.0631. The number of nitrogens with one attached hydrogen (secondary N) is 1. The summed E-state index contributed by atoms with van der Waals surface area (Å²) < 4.78 is 1.79. The van der Waals surface area contributed by atoms with E-state index in [4.69, 9.17) is 0 Å². The third kappa shape index (κ3) is 2.97. The van der Waals surface area contributed by atoms with Crippen LogP contribution in [0.25, 0.3) is 0 Å². The monoisotopic (exact) mass is 262 g/mol. The van der Waals surface area contributed by atoms with Crippen LogP contribution in [0, 0.1) is 5.92 Å². The molecule has 1 aliphatic heterocycles. The summed E-state index contributed by atoms with van der Waals surface area (Å²) in [4.78, 5) is 18.3. The van der Waals surface area contributed by atoms with Crippen LogP contribution in [0.5, 0.6) is 0 Å². The highest BCUT2D eigenvalue weighted by molar-refractivity contribution is 5.90.